The normalized spacial score (nSPS) is 21.2. The van der Waals surface area contributed by atoms with Crippen molar-refractivity contribution in [1.82, 2.24) is 14.7 Å². The number of carbonyl (C=O) groups is 2. The molecule has 0 bridgehead atoms. The summed E-state index contributed by atoms with van der Waals surface area (Å²) in [6.45, 7) is 11.3. The van der Waals surface area contributed by atoms with Gasteiger partial charge in [-0.2, -0.15) is 0 Å². The second kappa shape index (κ2) is 8.41. The van der Waals surface area contributed by atoms with Gasteiger partial charge in [0.1, 0.15) is 5.60 Å². The molecule has 1 aromatic rings. The first-order chi connectivity index (χ1) is 15.0. The predicted octanol–water partition coefficient (Wildman–Crippen LogP) is 3.56. The van der Waals surface area contributed by atoms with Crippen molar-refractivity contribution in [3.8, 4) is 0 Å². The van der Waals surface area contributed by atoms with Crippen molar-refractivity contribution in [2.45, 2.75) is 45.3 Å². The molecule has 1 aromatic carbocycles. The molecular formula is C24H35ClN4O3. The van der Waals surface area contributed by atoms with Gasteiger partial charge in [-0.25, -0.2) is 4.79 Å². The van der Waals surface area contributed by atoms with E-state index in [9.17, 15) is 9.59 Å². The fraction of sp³-hybridized carbons (Fsp3) is 0.667. The van der Waals surface area contributed by atoms with E-state index in [-0.39, 0.29) is 12.0 Å². The average Bonchev–Trinajstić information content (AvgIpc) is 2.64. The van der Waals surface area contributed by atoms with Crippen molar-refractivity contribution in [2.24, 2.45) is 5.41 Å². The van der Waals surface area contributed by atoms with E-state index in [1.165, 1.54) is 12.8 Å². The van der Waals surface area contributed by atoms with Gasteiger partial charge in [0.05, 0.1) is 10.6 Å². The number of halogens is 1. The van der Waals surface area contributed by atoms with Crippen LogP contribution in [0, 0.1) is 5.41 Å². The summed E-state index contributed by atoms with van der Waals surface area (Å²) in [7, 11) is 3.46. The molecule has 2 aliphatic heterocycles. The number of amides is 2. The number of rotatable bonds is 3. The number of hydrogen-bond acceptors (Lipinski definition) is 5. The van der Waals surface area contributed by atoms with Gasteiger partial charge in [-0.1, -0.05) is 11.6 Å². The number of likely N-dealkylation sites (tertiary alicyclic amines) is 1. The van der Waals surface area contributed by atoms with Crippen LogP contribution >= 0.6 is 11.6 Å². The lowest BCUT2D eigenvalue weighted by molar-refractivity contribution is -0.108. The molecule has 2 saturated heterocycles. The first kappa shape index (κ1) is 23.2. The molecule has 1 aliphatic carbocycles. The van der Waals surface area contributed by atoms with Crippen LogP contribution in [0.15, 0.2) is 18.2 Å². The highest BCUT2D eigenvalue weighted by atomic mass is 35.5. The van der Waals surface area contributed by atoms with Crippen LogP contribution in [-0.4, -0.2) is 91.7 Å². The van der Waals surface area contributed by atoms with Gasteiger partial charge in [0.25, 0.3) is 5.91 Å². The van der Waals surface area contributed by atoms with Crippen LogP contribution in [0.5, 0.6) is 0 Å². The van der Waals surface area contributed by atoms with Gasteiger partial charge < -0.3 is 19.4 Å². The smallest absolute Gasteiger partial charge is 0.410 e. The number of nitrogens with zero attached hydrogens (tertiary/aromatic N) is 4. The van der Waals surface area contributed by atoms with Crippen LogP contribution in [0.2, 0.25) is 5.02 Å². The Morgan fingerprint density at radius 1 is 1.09 bits per heavy atom. The Balaban J connectivity index is 1.23. The molecule has 0 radical (unpaired) electrons. The van der Waals surface area contributed by atoms with E-state index in [0.717, 1.165) is 45.0 Å². The van der Waals surface area contributed by atoms with Crippen LogP contribution in [-0.2, 0) is 4.74 Å². The molecule has 8 heteroatoms. The standard InChI is InChI=1S/C24H35ClN4O3/c1-23(2,3)32-22(31)29-15-24(16-29)13-18(14-24)28-10-8-27(9-11-28)17-6-7-19(20(25)12-17)21(30)26(4)5/h6-7,12,18H,8-11,13-16H2,1-5H3. The van der Waals surface area contributed by atoms with E-state index in [2.05, 4.69) is 9.80 Å². The van der Waals surface area contributed by atoms with E-state index in [1.54, 1.807) is 19.0 Å². The largest absolute Gasteiger partial charge is 0.444 e. The molecular weight excluding hydrogens is 428 g/mol. The summed E-state index contributed by atoms with van der Waals surface area (Å²) in [5, 5.41) is 0.504. The summed E-state index contributed by atoms with van der Waals surface area (Å²) in [6.07, 6.45) is 2.15. The molecule has 3 aliphatic rings. The maximum absolute atomic E-state index is 12.2. The number of benzene rings is 1. The van der Waals surface area contributed by atoms with E-state index in [1.807, 2.05) is 43.9 Å². The van der Waals surface area contributed by atoms with Gasteiger partial charge in [0, 0.05) is 70.5 Å². The SMILES string of the molecule is CN(C)C(=O)c1ccc(N2CCN(C3CC4(C3)CN(C(=O)OC(C)(C)C)C4)CC2)cc1Cl. The molecule has 7 nitrogen and oxygen atoms in total. The van der Waals surface area contributed by atoms with Gasteiger partial charge in [0.2, 0.25) is 0 Å². The average molecular weight is 463 g/mol. The molecule has 0 atom stereocenters. The highest BCUT2D eigenvalue weighted by molar-refractivity contribution is 6.34. The van der Waals surface area contributed by atoms with Crippen molar-refractivity contribution in [3.63, 3.8) is 0 Å². The Bertz CT molecular complexity index is 876. The highest BCUT2D eigenvalue weighted by Gasteiger charge is 2.55. The van der Waals surface area contributed by atoms with Crippen molar-refractivity contribution in [3.05, 3.63) is 28.8 Å². The second-order valence-corrected chi connectivity index (χ2v) is 11.2. The minimum absolute atomic E-state index is 0.0773. The van der Waals surface area contributed by atoms with Gasteiger partial charge >= 0.3 is 6.09 Å². The van der Waals surface area contributed by atoms with E-state index >= 15 is 0 Å². The van der Waals surface area contributed by atoms with E-state index in [4.69, 9.17) is 16.3 Å². The summed E-state index contributed by atoms with van der Waals surface area (Å²) in [6, 6.07) is 6.35. The Hall–Kier alpha value is -1.99. The quantitative estimate of drug-likeness (QED) is 0.687. The molecule has 1 spiro atoms. The molecule has 2 amide bonds. The summed E-state index contributed by atoms with van der Waals surface area (Å²) in [5.74, 6) is -0.0773. The molecule has 0 aromatic heterocycles. The van der Waals surface area contributed by atoms with Crippen LogP contribution in [0.4, 0.5) is 10.5 Å². The van der Waals surface area contributed by atoms with Crippen molar-refractivity contribution in [2.75, 3.05) is 58.3 Å². The molecule has 4 rings (SSSR count). The lowest BCUT2D eigenvalue weighted by Gasteiger charge is -2.61. The van der Waals surface area contributed by atoms with Crippen LogP contribution in [0.1, 0.15) is 44.0 Å². The summed E-state index contributed by atoms with van der Waals surface area (Å²) in [5.41, 5.74) is 1.48. The van der Waals surface area contributed by atoms with Crippen molar-refractivity contribution >= 4 is 29.3 Å². The minimum atomic E-state index is -0.436. The molecule has 176 valence electrons. The minimum Gasteiger partial charge on any atom is -0.444 e. The first-order valence-electron chi connectivity index (χ1n) is 11.4. The Labute approximate surface area is 196 Å². The van der Waals surface area contributed by atoms with Gasteiger partial charge in [0.15, 0.2) is 0 Å². The van der Waals surface area contributed by atoms with E-state index in [0.29, 0.717) is 22.0 Å². The lowest BCUT2D eigenvalue weighted by atomic mass is 9.60. The molecule has 0 unspecified atom stereocenters. The summed E-state index contributed by atoms with van der Waals surface area (Å²) >= 11 is 6.40. The number of ether oxygens (including phenoxy) is 1. The zero-order valence-electron chi connectivity index (χ0n) is 19.9. The molecule has 3 fully saturated rings. The third-order valence-corrected chi connectivity index (χ3v) is 7.14. The van der Waals surface area contributed by atoms with Gasteiger partial charge in [-0.3, -0.25) is 9.69 Å². The predicted molar refractivity (Wildman–Crippen MR) is 127 cm³/mol. The molecule has 1 saturated carbocycles. The lowest BCUT2D eigenvalue weighted by Crippen LogP contribution is -2.69. The number of anilines is 1. The summed E-state index contributed by atoms with van der Waals surface area (Å²) in [4.78, 5) is 32.7. The van der Waals surface area contributed by atoms with Crippen LogP contribution in [0.25, 0.3) is 0 Å². The van der Waals surface area contributed by atoms with Crippen molar-refractivity contribution < 1.29 is 14.3 Å². The zero-order chi connectivity index (χ0) is 23.3. The van der Waals surface area contributed by atoms with Gasteiger partial charge in [-0.05, 0) is 51.8 Å². The van der Waals surface area contributed by atoms with Gasteiger partial charge in [-0.15, -0.1) is 0 Å². The zero-order valence-corrected chi connectivity index (χ0v) is 20.6. The molecule has 2 heterocycles. The van der Waals surface area contributed by atoms with E-state index < -0.39 is 5.60 Å². The van der Waals surface area contributed by atoms with Crippen molar-refractivity contribution in [1.29, 1.82) is 0 Å². The molecule has 32 heavy (non-hydrogen) atoms. The number of carbonyl (C=O) groups excluding carboxylic acids is 2. The highest BCUT2D eigenvalue weighted by Crippen LogP contribution is 2.50. The van der Waals surface area contributed by atoms with Crippen LogP contribution < -0.4 is 4.90 Å². The second-order valence-electron chi connectivity index (χ2n) is 10.8. The topological polar surface area (TPSA) is 56.3 Å². The fourth-order valence-corrected chi connectivity index (χ4v) is 5.39. The monoisotopic (exact) mass is 462 g/mol. The number of hydrogen-bond donors (Lipinski definition) is 0. The maximum Gasteiger partial charge on any atom is 0.410 e. The Morgan fingerprint density at radius 2 is 1.72 bits per heavy atom. The van der Waals surface area contributed by atoms with Crippen LogP contribution in [0.3, 0.4) is 0 Å². The number of piperazine rings is 1. The third kappa shape index (κ3) is 4.69. The Kier molecular flexibility index (Phi) is 6.09. The summed E-state index contributed by atoms with van der Waals surface area (Å²) < 4.78 is 5.48. The molecule has 0 N–H and O–H groups in total. The third-order valence-electron chi connectivity index (χ3n) is 6.83. The maximum atomic E-state index is 12.2. The fourth-order valence-electron chi connectivity index (χ4n) is 5.14. The Morgan fingerprint density at radius 3 is 2.25 bits per heavy atom. The first-order valence-corrected chi connectivity index (χ1v) is 11.8.